The summed E-state index contributed by atoms with van der Waals surface area (Å²) in [4.78, 5) is 0. The summed E-state index contributed by atoms with van der Waals surface area (Å²) in [6.45, 7) is 3.82. The highest BCUT2D eigenvalue weighted by molar-refractivity contribution is 9.10. The average Bonchev–Trinajstić information content (AvgIpc) is 2.76. The zero-order valence-electron chi connectivity index (χ0n) is 11.8. The number of ether oxygens (including phenoxy) is 2. The van der Waals surface area contributed by atoms with E-state index >= 15 is 0 Å². The molecule has 0 radical (unpaired) electrons. The molecule has 0 fully saturated rings. The highest BCUT2D eigenvalue weighted by Crippen LogP contribution is 2.41. The Morgan fingerprint density at radius 1 is 1.05 bits per heavy atom. The van der Waals surface area contributed by atoms with Crippen molar-refractivity contribution in [3.8, 4) is 11.5 Å². The Balaban J connectivity index is 2.49. The molecule has 108 valence electrons. The lowest BCUT2D eigenvalue weighted by Gasteiger charge is -2.15. The number of halogens is 2. The van der Waals surface area contributed by atoms with Gasteiger partial charge in [0.05, 0.1) is 19.6 Å². The van der Waals surface area contributed by atoms with Crippen LogP contribution in [-0.2, 0) is 0 Å². The molecule has 1 unspecified atom stereocenters. The fourth-order valence-electron chi connectivity index (χ4n) is 2.13. The number of methoxy groups -OCH3 is 2. The number of aryl methyl sites for hydroxylation is 2. The van der Waals surface area contributed by atoms with Gasteiger partial charge < -0.3 is 13.9 Å². The van der Waals surface area contributed by atoms with Crippen LogP contribution in [0.15, 0.2) is 27.1 Å². The van der Waals surface area contributed by atoms with Gasteiger partial charge in [0, 0.05) is 10.0 Å². The van der Waals surface area contributed by atoms with Crippen molar-refractivity contribution in [2.45, 2.75) is 19.2 Å². The minimum atomic E-state index is -0.318. The van der Waals surface area contributed by atoms with E-state index in [9.17, 15) is 0 Å². The Bertz CT molecular complexity index is 622. The number of benzene rings is 1. The Labute approximate surface area is 132 Å². The van der Waals surface area contributed by atoms with Gasteiger partial charge in [-0.05, 0) is 37.6 Å². The standard InChI is InChI=1S/C15H16BrClO3/c1-8-5-10(9(2)20-8)15(17)11-6-13(18-3)14(19-4)7-12(11)16/h5-7,15H,1-4H3. The van der Waals surface area contributed by atoms with Gasteiger partial charge in [-0.3, -0.25) is 0 Å². The van der Waals surface area contributed by atoms with Gasteiger partial charge in [0.25, 0.3) is 0 Å². The molecule has 0 aliphatic rings. The lowest BCUT2D eigenvalue weighted by Crippen LogP contribution is -1.98. The van der Waals surface area contributed by atoms with Crippen LogP contribution in [0.3, 0.4) is 0 Å². The highest BCUT2D eigenvalue weighted by Gasteiger charge is 2.21. The maximum atomic E-state index is 6.59. The van der Waals surface area contributed by atoms with Crippen LogP contribution in [0.1, 0.15) is 28.0 Å². The first kappa shape index (κ1) is 15.3. The maximum absolute atomic E-state index is 6.59. The van der Waals surface area contributed by atoms with Crippen molar-refractivity contribution in [3.05, 3.63) is 45.3 Å². The summed E-state index contributed by atoms with van der Waals surface area (Å²) >= 11 is 10.1. The molecule has 2 aromatic rings. The van der Waals surface area contributed by atoms with Gasteiger partial charge in [-0.15, -0.1) is 11.6 Å². The second-order valence-corrected chi connectivity index (χ2v) is 5.75. The van der Waals surface area contributed by atoms with Gasteiger partial charge in [-0.25, -0.2) is 0 Å². The molecule has 0 amide bonds. The molecule has 0 spiro atoms. The zero-order valence-corrected chi connectivity index (χ0v) is 14.1. The van der Waals surface area contributed by atoms with Crippen molar-refractivity contribution in [3.63, 3.8) is 0 Å². The molecule has 0 saturated carbocycles. The molecule has 1 heterocycles. The molecule has 2 rings (SSSR count). The minimum Gasteiger partial charge on any atom is -0.493 e. The average molecular weight is 360 g/mol. The Morgan fingerprint density at radius 2 is 1.65 bits per heavy atom. The minimum absolute atomic E-state index is 0.318. The van der Waals surface area contributed by atoms with Gasteiger partial charge in [0.2, 0.25) is 0 Å². The van der Waals surface area contributed by atoms with Crippen LogP contribution in [-0.4, -0.2) is 14.2 Å². The van der Waals surface area contributed by atoms with E-state index < -0.39 is 0 Å². The summed E-state index contributed by atoms with van der Waals surface area (Å²) in [5.74, 6) is 2.98. The normalized spacial score (nSPS) is 12.3. The largest absolute Gasteiger partial charge is 0.493 e. The van der Waals surface area contributed by atoms with Gasteiger partial charge in [0.1, 0.15) is 11.5 Å². The highest BCUT2D eigenvalue weighted by atomic mass is 79.9. The first-order valence-corrected chi connectivity index (χ1v) is 7.33. The summed E-state index contributed by atoms with van der Waals surface area (Å²) in [5, 5.41) is -0.318. The van der Waals surface area contributed by atoms with Gasteiger partial charge in [0.15, 0.2) is 11.5 Å². The van der Waals surface area contributed by atoms with E-state index in [1.54, 1.807) is 14.2 Å². The monoisotopic (exact) mass is 358 g/mol. The Kier molecular flexibility index (Phi) is 4.66. The van der Waals surface area contributed by atoms with Crippen molar-refractivity contribution in [1.82, 2.24) is 0 Å². The van der Waals surface area contributed by atoms with Crippen molar-refractivity contribution in [2.75, 3.05) is 14.2 Å². The molecule has 0 N–H and O–H groups in total. The predicted octanol–water partition coefficient (Wildman–Crippen LogP) is 5.00. The molecular weight excluding hydrogens is 344 g/mol. The SMILES string of the molecule is COc1cc(Br)c(C(Cl)c2cc(C)oc2C)cc1OC. The molecule has 1 aromatic carbocycles. The maximum Gasteiger partial charge on any atom is 0.161 e. The zero-order chi connectivity index (χ0) is 14.9. The van der Waals surface area contributed by atoms with Gasteiger partial charge in [-0.1, -0.05) is 15.9 Å². The molecule has 0 aliphatic carbocycles. The van der Waals surface area contributed by atoms with E-state index in [1.807, 2.05) is 32.0 Å². The van der Waals surface area contributed by atoms with E-state index in [2.05, 4.69) is 15.9 Å². The summed E-state index contributed by atoms with van der Waals surface area (Å²) in [6, 6.07) is 5.68. The molecule has 0 bridgehead atoms. The van der Waals surface area contributed by atoms with Gasteiger partial charge in [-0.2, -0.15) is 0 Å². The first-order valence-electron chi connectivity index (χ1n) is 6.10. The lowest BCUT2D eigenvalue weighted by atomic mass is 10.0. The topological polar surface area (TPSA) is 31.6 Å². The number of alkyl halides is 1. The molecule has 3 nitrogen and oxygen atoms in total. The van der Waals surface area contributed by atoms with Crippen LogP contribution in [0.5, 0.6) is 11.5 Å². The summed E-state index contributed by atoms with van der Waals surface area (Å²) in [5.41, 5.74) is 1.87. The van der Waals surface area contributed by atoms with E-state index in [0.29, 0.717) is 11.5 Å². The van der Waals surface area contributed by atoms with Crippen LogP contribution in [0, 0.1) is 13.8 Å². The predicted molar refractivity (Wildman–Crippen MR) is 83.1 cm³/mol. The molecule has 1 atom stereocenters. The van der Waals surface area contributed by atoms with Gasteiger partial charge >= 0.3 is 0 Å². The summed E-state index contributed by atoms with van der Waals surface area (Å²) in [6.07, 6.45) is 0. The second kappa shape index (κ2) is 6.10. The number of hydrogen-bond donors (Lipinski definition) is 0. The third kappa shape index (κ3) is 2.81. The van der Waals surface area contributed by atoms with E-state index in [-0.39, 0.29) is 5.38 Å². The third-order valence-corrected chi connectivity index (χ3v) is 4.29. The molecule has 0 aliphatic heterocycles. The van der Waals surface area contributed by atoms with Crippen LogP contribution >= 0.6 is 27.5 Å². The Hall–Kier alpha value is -1.13. The lowest BCUT2D eigenvalue weighted by molar-refractivity contribution is 0.354. The van der Waals surface area contributed by atoms with E-state index in [4.69, 9.17) is 25.5 Å². The fourth-order valence-corrected chi connectivity index (χ4v) is 3.21. The summed E-state index contributed by atoms with van der Waals surface area (Å²) < 4.78 is 17.0. The summed E-state index contributed by atoms with van der Waals surface area (Å²) in [7, 11) is 3.21. The van der Waals surface area contributed by atoms with Crippen LogP contribution in [0.4, 0.5) is 0 Å². The third-order valence-electron chi connectivity index (χ3n) is 3.13. The Morgan fingerprint density at radius 3 is 2.15 bits per heavy atom. The van der Waals surface area contributed by atoms with Crippen LogP contribution in [0.25, 0.3) is 0 Å². The van der Waals surface area contributed by atoms with E-state index in [1.165, 1.54) is 0 Å². The molecular formula is C15H16BrClO3. The quantitative estimate of drug-likeness (QED) is 0.720. The number of hydrogen-bond acceptors (Lipinski definition) is 3. The molecule has 20 heavy (non-hydrogen) atoms. The molecule has 0 saturated heterocycles. The first-order chi connectivity index (χ1) is 9.47. The van der Waals surface area contributed by atoms with Crippen molar-refractivity contribution >= 4 is 27.5 Å². The van der Waals surface area contributed by atoms with Crippen LogP contribution < -0.4 is 9.47 Å². The van der Waals surface area contributed by atoms with Crippen molar-refractivity contribution in [1.29, 1.82) is 0 Å². The smallest absolute Gasteiger partial charge is 0.161 e. The molecule has 5 heteroatoms. The van der Waals surface area contributed by atoms with Crippen molar-refractivity contribution in [2.24, 2.45) is 0 Å². The number of furan rings is 1. The van der Waals surface area contributed by atoms with E-state index in [0.717, 1.165) is 27.1 Å². The second-order valence-electron chi connectivity index (χ2n) is 4.46. The van der Waals surface area contributed by atoms with Crippen LogP contribution in [0.2, 0.25) is 0 Å². The number of rotatable bonds is 4. The van der Waals surface area contributed by atoms with Crippen molar-refractivity contribution < 1.29 is 13.9 Å². The molecule has 1 aromatic heterocycles. The fraction of sp³-hybridized carbons (Fsp3) is 0.333.